The van der Waals surface area contributed by atoms with Gasteiger partial charge in [0.25, 0.3) is 0 Å². The topological polar surface area (TPSA) is 57.2 Å². The summed E-state index contributed by atoms with van der Waals surface area (Å²) in [7, 11) is 0. The molecule has 116 valence electrons. The van der Waals surface area contributed by atoms with E-state index in [1.165, 1.54) is 0 Å². The Morgan fingerprint density at radius 1 is 1.13 bits per heavy atom. The zero-order valence-corrected chi connectivity index (χ0v) is 13.0. The van der Waals surface area contributed by atoms with Gasteiger partial charge in [0.2, 0.25) is 5.91 Å². The lowest BCUT2D eigenvalue weighted by atomic mass is 10.1. The first-order valence-corrected chi connectivity index (χ1v) is 7.67. The molecule has 1 heterocycles. The van der Waals surface area contributed by atoms with E-state index in [0.717, 1.165) is 27.7 Å². The Morgan fingerprint density at radius 3 is 2.70 bits per heavy atom. The number of benzene rings is 2. The maximum atomic E-state index is 11.9. The molecule has 0 fully saturated rings. The fourth-order valence-electron chi connectivity index (χ4n) is 2.59. The number of carbonyl (C=O) groups excluding carboxylic acids is 1. The molecule has 0 bridgehead atoms. The molecule has 0 aliphatic rings. The van der Waals surface area contributed by atoms with Gasteiger partial charge in [0.15, 0.2) is 0 Å². The average molecular weight is 305 g/mol. The second-order valence-electron chi connectivity index (χ2n) is 5.49. The third-order valence-electron chi connectivity index (χ3n) is 3.81. The molecule has 0 aliphatic heterocycles. The minimum Gasteiger partial charge on any atom is -0.358 e. The highest BCUT2D eigenvalue weighted by Crippen LogP contribution is 2.19. The van der Waals surface area contributed by atoms with Crippen molar-refractivity contribution in [1.82, 2.24) is 10.4 Å². The Kier molecular flexibility index (Phi) is 4.52. The van der Waals surface area contributed by atoms with Crippen LogP contribution in [-0.4, -0.2) is 17.1 Å². The number of rotatable bonds is 5. The van der Waals surface area contributed by atoms with E-state index in [1.807, 2.05) is 61.5 Å². The largest absolute Gasteiger partial charge is 0.358 e. The van der Waals surface area contributed by atoms with Gasteiger partial charge in [-0.05, 0) is 25.0 Å². The summed E-state index contributed by atoms with van der Waals surface area (Å²) >= 11 is 0. The fourth-order valence-corrected chi connectivity index (χ4v) is 2.59. The van der Waals surface area contributed by atoms with Gasteiger partial charge >= 0.3 is 0 Å². The van der Waals surface area contributed by atoms with Crippen LogP contribution in [0.3, 0.4) is 0 Å². The van der Waals surface area contributed by atoms with Crippen molar-refractivity contribution in [3.63, 3.8) is 0 Å². The first-order chi connectivity index (χ1) is 11.2. The van der Waals surface area contributed by atoms with Crippen molar-refractivity contribution in [2.75, 3.05) is 0 Å². The summed E-state index contributed by atoms with van der Waals surface area (Å²) in [5.41, 5.74) is 6.86. The second kappa shape index (κ2) is 6.92. The number of nitrogens with one attached hydrogen (secondary N) is 2. The first kappa shape index (κ1) is 15.0. The molecule has 3 aromatic rings. The Balaban J connectivity index is 1.60. The molecule has 2 N–H and O–H groups in total. The molecule has 0 aliphatic carbocycles. The number of aryl methyl sites for hydroxylation is 2. The lowest BCUT2D eigenvalue weighted by Gasteiger charge is -2.00. The zero-order valence-electron chi connectivity index (χ0n) is 13.0. The van der Waals surface area contributed by atoms with E-state index in [4.69, 9.17) is 0 Å². The van der Waals surface area contributed by atoms with Crippen molar-refractivity contribution in [2.45, 2.75) is 19.8 Å². The van der Waals surface area contributed by atoms with Crippen LogP contribution in [0.15, 0.2) is 59.7 Å². The highest BCUT2D eigenvalue weighted by atomic mass is 16.2. The highest BCUT2D eigenvalue weighted by Gasteiger charge is 2.05. The van der Waals surface area contributed by atoms with Gasteiger partial charge in [-0.2, -0.15) is 5.10 Å². The van der Waals surface area contributed by atoms with Crippen molar-refractivity contribution in [3.05, 3.63) is 71.4 Å². The predicted octanol–water partition coefficient (Wildman–Crippen LogP) is 3.56. The first-order valence-electron chi connectivity index (χ1n) is 7.67. The minimum absolute atomic E-state index is 0.0809. The summed E-state index contributed by atoms with van der Waals surface area (Å²) in [5.74, 6) is -0.0809. The molecule has 0 unspecified atom stereocenters. The quantitative estimate of drug-likeness (QED) is 0.549. The zero-order chi connectivity index (χ0) is 16.1. The van der Waals surface area contributed by atoms with E-state index in [2.05, 4.69) is 15.5 Å². The number of para-hydroxylation sites is 1. The van der Waals surface area contributed by atoms with Crippen molar-refractivity contribution >= 4 is 23.0 Å². The fraction of sp³-hybridized carbons (Fsp3) is 0.158. The third kappa shape index (κ3) is 3.66. The molecule has 23 heavy (non-hydrogen) atoms. The van der Waals surface area contributed by atoms with E-state index in [1.54, 1.807) is 6.21 Å². The molecule has 4 heteroatoms. The number of hydrogen-bond acceptors (Lipinski definition) is 2. The molecule has 0 saturated carbocycles. The molecular formula is C19H19N3O. The van der Waals surface area contributed by atoms with E-state index in [9.17, 15) is 4.79 Å². The lowest BCUT2D eigenvalue weighted by molar-refractivity contribution is -0.121. The number of nitrogens with zero attached hydrogens (tertiary/aromatic N) is 1. The van der Waals surface area contributed by atoms with Crippen LogP contribution < -0.4 is 5.43 Å². The van der Waals surface area contributed by atoms with Crippen LogP contribution in [0.4, 0.5) is 0 Å². The number of hydrazone groups is 1. The normalized spacial score (nSPS) is 11.2. The van der Waals surface area contributed by atoms with Crippen molar-refractivity contribution < 1.29 is 4.79 Å². The second-order valence-corrected chi connectivity index (χ2v) is 5.49. The van der Waals surface area contributed by atoms with Gasteiger partial charge in [-0.1, -0.05) is 48.5 Å². The maximum Gasteiger partial charge on any atom is 0.240 e. The van der Waals surface area contributed by atoms with Crippen molar-refractivity contribution in [3.8, 4) is 0 Å². The number of amides is 1. The molecule has 0 saturated heterocycles. The molecule has 0 radical (unpaired) electrons. The van der Waals surface area contributed by atoms with Crippen LogP contribution in [0.1, 0.15) is 23.2 Å². The van der Waals surface area contributed by atoms with E-state index in [-0.39, 0.29) is 5.91 Å². The van der Waals surface area contributed by atoms with Crippen LogP contribution in [-0.2, 0) is 11.2 Å². The van der Waals surface area contributed by atoms with Gasteiger partial charge in [-0.15, -0.1) is 0 Å². The Hall–Kier alpha value is -2.88. The summed E-state index contributed by atoms with van der Waals surface area (Å²) in [6, 6.07) is 18.0. The molecule has 0 spiro atoms. The molecule has 3 rings (SSSR count). The Morgan fingerprint density at radius 2 is 1.87 bits per heavy atom. The standard InChI is InChI=1S/C19H19N3O/c1-14-17(16-9-5-6-10-18(16)21-14)13-20-22-19(23)12-11-15-7-3-2-4-8-15/h2-10,13,21H,11-12H2,1H3,(H,22,23)/b20-13-. The third-order valence-corrected chi connectivity index (χ3v) is 3.81. The monoisotopic (exact) mass is 305 g/mol. The average Bonchev–Trinajstić information content (AvgIpc) is 2.90. The van der Waals surface area contributed by atoms with Gasteiger partial charge in [-0.3, -0.25) is 4.79 Å². The molecule has 4 nitrogen and oxygen atoms in total. The van der Waals surface area contributed by atoms with E-state index >= 15 is 0 Å². The van der Waals surface area contributed by atoms with E-state index in [0.29, 0.717) is 12.8 Å². The number of hydrogen-bond donors (Lipinski definition) is 2. The number of carbonyl (C=O) groups is 1. The Labute approximate surface area is 135 Å². The van der Waals surface area contributed by atoms with Crippen molar-refractivity contribution in [2.24, 2.45) is 5.10 Å². The summed E-state index contributed by atoms with van der Waals surface area (Å²) in [5, 5.41) is 5.20. The molecule has 1 aromatic heterocycles. The van der Waals surface area contributed by atoms with Crippen molar-refractivity contribution in [1.29, 1.82) is 0 Å². The van der Waals surface area contributed by atoms with Gasteiger partial charge in [0.1, 0.15) is 0 Å². The lowest BCUT2D eigenvalue weighted by Crippen LogP contribution is -2.17. The van der Waals surface area contributed by atoms with Crippen LogP contribution >= 0.6 is 0 Å². The van der Waals surface area contributed by atoms with Gasteiger partial charge < -0.3 is 4.98 Å². The van der Waals surface area contributed by atoms with Gasteiger partial charge in [-0.25, -0.2) is 5.43 Å². The predicted molar refractivity (Wildman–Crippen MR) is 93.5 cm³/mol. The molecule has 1 amide bonds. The van der Waals surface area contributed by atoms with Gasteiger partial charge in [0.05, 0.1) is 6.21 Å². The summed E-state index contributed by atoms with van der Waals surface area (Å²) in [6.07, 6.45) is 2.84. The molecular weight excluding hydrogens is 286 g/mol. The van der Waals surface area contributed by atoms with Crippen LogP contribution in [0.5, 0.6) is 0 Å². The molecule has 0 atom stereocenters. The number of aromatic nitrogens is 1. The molecule has 2 aromatic carbocycles. The van der Waals surface area contributed by atoms with Gasteiger partial charge in [0, 0.05) is 28.6 Å². The smallest absolute Gasteiger partial charge is 0.240 e. The summed E-state index contributed by atoms with van der Waals surface area (Å²) < 4.78 is 0. The van der Waals surface area contributed by atoms with Crippen LogP contribution in [0.25, 0.3) is 10.9 Å². The minimum atomic E-state index is -0.0809. The summed E-state index contributed by atoms with van der Waals surface area (Å²) in [4.78, 5) is 15.2. The Bertz CT molecular complexity index is 834. The SMILES string of the molecule is Cc1[nH]c2ccccc2c1/C=N\NC(=O)CCc1ccccc1. The number of H-pyrrole nitrogens is 1. The number of fused-ring (bicyclic) bond motifs is 1. The van der Waals surface area contributed by atoms with Crippen LogP contribution in [0.2, 0.25) is 0 Å². The van der Waals surface area contributed by atoms with E-state index < -0.39 is 0 Å². The van der Waals surface area contributed by atoms with Crippen LogP contribution in [0, 0.1) is 6.92 Å². The highest BCUT2D eigenvalue weighted by molar-refractivity contribution is 6.00. The number of aromatic amines is 1. The summed E-state index contributed by atoms with van der Waals surface area (Å²) in [6.45, 7) is 2.00. The maximum absolute atomic E-state index is 11.9.